The molecule has 0 amide bonds. The van der Waals surface area contributed by atoms with E-state index in [-0.39, 0.29) is 4.88 Å². The van der Waals surface area contributed by atoms with Crippen LogP contribution in [0.25, 0.3) is 0 Å². The topological polar surface area (TPSA) is 0 Å². The SMILES string of the molecule is Cc1ccc(C(Br)C(F)(F)C(F)(F)F)s1. The highest BCUT2D eigenvalue weighted by Crippen LogP contribution is 2.50. The van der Waals surface area contributed by atoms with Crippen LogP contribution in [0.1, 0.15) is 14.6 Å². The molecule has 0 aliphatic rings. The highest BCUT2D eigenvalue weighted by Gasteiger charge is 2.62. The van der Waals surface area contributed by atoms with Gasteiger partial charge in [-0.15, -0.1) is 11.3 Å². The molecule has 1 heterocycles. The molecule has 0 radical (unpaired) electrons. The van der Waals surface area contributed by atoms with Gasteiger partial charge in [0.1, 0.15) is 4.83 Å². The molecule has 0 aliphatic carbocycles. The van der Waals surface area contributed by atoms with E-state index < -0.39 is 16.9 Å². The number of hydrogen-bond donors (Lipinski definition) is 0. The van der Waals surface area contributed by atoms with Crippen molar-refractivity contribution in [2.45, 2.75) is 23.8 Å². The summed E-state index contributed by atoms with van der Waals surface area (Å²) in [4.78, 5) is -1.37. The second-order valence-electron chi connectivity index (χ2n) is 2.93. The van der Waals surface area contributed by atoms with Crippen LogP contribution >= 0.6 is 27.3 Å². The van der Waals surface area contributed by atoms with Crippen LogP contribution in [-0.2, 0) is 0 Å². The maximum Gasteiger partial charge on any atom is 0.454 e. The Morgan fingerprint density at radius 3 is 2.07 bits per heavy atom. The molecule has 1 aromatic rings. The first-order valence-electron chi connectivity index (χ1n) is 3.81. The van der Waals surface area contributed by atoms with Crippen molar-refractivity contribution in [2.24, 2.45) is 0 Å². The minimum atomic E-state index is -5.54. The number of alkyl halides is 6. The number of rotatable bonds is 2. The average molecular weight is 309 g/mol. The van der Waals surface area contributed by atoms with Crippen molar-refractivity contribution in [3.05, 3.63) is 21.9 Å². The number of aryl methyl sites for hydroxylation is 1. The van der Waals surface area contributed by atoms with Crippen molar-refractivity contribution < 1.29 is 22.0 Å². The Labute approximate surface area is 95.2 Å². The van der Waals surface area contributed by atoms with Crippen molar-refractivity contribution in [1.82, 2.24) is 0 Å². The average Bonchev–Trinajstić information content (AvgIpc) is 2.48. The fourth-order valence-electron chi connectivity index (χ4n) is 0.912. The molecule has 1 aromatic heterocycles. The lowest BCUT2D eigenvalue weighted by atomic mass is 10.2. The van der Waals surface area contributed by atoms with Crippen LogP contribution in [0.2, 0.25) is 0 Å². The molecule has 1 rings (SSSR count). The lowest BCUT2D eigenvalue weighted by molar-refractivity contribution is -0.281. The molecular formula is C8H6BrF5S. The zero-order valence-corrected chi connectivity index (χ0v) is 9.81. The van der Waals surface area contributed by atoms with Gasteiger partial charge in [-0.3, -0.25) is 0 Å². The molecule has 1 atom stereocenters. The molecule has 0 saturated carbocycles. The van der Waals surface area contributed by atoms with Crippen molar-refractivity contribution in [1.29, 1.82) is 0 Å². The largest absolute Gasteiger partial charge is 0.454 e. The monoisotopic (exact) mass is 308 g/mol. The van der Waals surface area contributed by atoms with Crippen LogP contribution in [0.5, 0.6) is 0 Å². The predicted molar refractivity (Wildman–Crippen MR) is 51.7 cm³/mol. The minimum absolute atomic E-state index is 0.0326. The van der Waals surface area contributed by atoms with Crippen LogP contribution in [0, 0.1) is 6.92 Å². The Morgan fingerprint density at radius 1 is 1.20 bits per heavy atom. The summed E-state index contributed by atoms with van der Waals surface area (Å²) >= 11 is 3.31. The normalized spacial score (nSPS) is 15.4. The van der Waals surface area contributed by atoms with Crippen LogP contribution in [0.3, 0.4) is 0 Å². The molecule has 0 fully saturated rings. The Balaban J connectivity index is 2.99. The van der Waals surface area contributed by atoms with Gasteiger partial charge in [0, 0.05) is 9.75 Å². The van der Waals surface area contributed by atoms with E-state index in [2.05, 4.69) is 15.9 Å². The van der Waals surface area contributed by atoms with E-state index in [0.29, 0.717) is 4.88 Å². The summed E-state index contributed by atoms with van der Waals surface area (Å²) in [5.41, 5.74) is 0. The van der Waals surface area contributed by atoms with Gasteiger partial charge in [0.15, 0.2) is 0 Å². The smallest absolute Gasteiger partial charge is 0.195 e. The zero-order chi connectivity index (χ0) is 11.9. The Morgan fingerprint density at radius 2 is 1.73 bits per heavy atom. The molecule has 1 unspecified atom stereocenters. The molecule has 0 N–H and O–H groups in total. The van der Waals surface area contributed by atoms with Crippen LogP contribution < -0.4 is 0 Å². The van der Waals surface area contributed by atoms with Gasteiger partial charge in [-0.05, 0) is 19.1 Å². The third-order valence-corrected chi connectivity index (χ3v) is 4.14. The van der Waals surface area contributed by atoms with Crippen molar-refractivity contribution in [3.63, 3.8) is 0 Å². The second-order valence-corrected chi connectivity index (χ2v) is 5.17. The second kappa shape index (κ2) is 4.01. The maximum atomic E-state index is 12.9. The molecule has 15 heavy (non-hydrogen) atoms. The Kier molecular flexibility index (Phi) is 3.45. The van der Waals surface area contributed by atoms with Crippen LogP contribution in [0.4, 0.5) is 22.0 Å². The first kappa shape index (κ1) is 12.9. The molecule has 0 bridgehead atoms. The van der Waals surface area contributed by atoms with E-state index in [1.54, 1.807) is 6.92 Å². The van der Waals surface area contributed by atoms with E-state index in [1.165, 1.54) is 12.1 Å². The van der Waals surface area contributed by atoms with Gasteiger partial charge in [-0.25, -0.2) is 0 Å². The highest BCUT2D eigenvalue weighted by atomic mass is 79.9. The van der Waals surface area contributed by atoms with E-state index in [1.807, 2.05) is 0 Å². The molecule has 86 valence electrons. The summed E-state index contributed by atoms with van der Waals surface area (Å²) in [7, 11) is 0. The summed E-state index contributed by atoms with van der Waals surface area (Å²) < 4.78 is 61.7. The molecule has 0 aliphatic heterocycles. The molecule has 7 heteroatoms. The van der Waals surface area contributed by atoms with E-state index >= 15 is 0 Å². The lowest BCUT2D eigenvalue weighted by Crippen LogP contribution is -2.39. The fraction of sp³-hybridized carbons (Fsp3) is 0.500. The van der Waals surface area contributed by atoms with Crippen molar-refractivity contribution in [3.8, 4) is 0 Å². The number of thiophene rings is 1. The van der Waals surface area contributed by atoms with Crippen LogP contribution in [0.15, 0.2) is 12.1 Å². The van der Waals surface area contributed by atoms with Crippen LogP contribution in [-0.4, -0.2) is 12.1 Å². The molecule has 0 spiro atoms. The summed E-state index contributed by atoms with van der Waals surface area (Å²) in [6.45, 7) is 1.64. The quantitative estimate of drug-likeness (QED) is 0.549. The third kappa shape index (κ3) is 2.50. The summed E-state index contributed by atoms with van der Waals surface area (Å²) in [6.07, 6.45) is -5.54. The predicted octanol–water partition coefficient (Wildman–Crippen LogP) is 4.69. The highest BCUT2D eigenvalue weighted by molar-refractivity contribution is 9.09. The first-order valence-corrected chi connectivity index (χ1v) is 5.54. The lowest BCUT2D eigenvalue weighted by Gasteiger charge is -2.23. The van der Waals surface area contributed by atoms with E-state index in [9.17, 15) is 22.0 Å². The van der Waals surface area contributed by atoms with E-state index in [4.69, 9.17) is 0 Å². The zero-order valence-electron chi connectivity index (χ0n) is 7.41. The van der Waals surface area contributed by atoms with Gasteiger partial charge >= 0.3 is 12.1 Å². The van der Waals surface area contributed by atoms with Crippen molar-refractivity contribution >= 4 is 27.3 Å². The summed E-state index contributed by atoms with van der Waals surface area (Å²) in [5.74, 6) is -4.76. The van der Waals surface area contributed by atoms with Gasteiger partial charge < -0.3 is 0 Å². The van der Waals surface area contributed by atoms with Gasteiger partial charge in [0.2, 0.25) is 0 Å². The van der Waals surface area contributed by atoms with E-state index in [0.717, 1.165) is 11.3 Å². The number of hydrogen-bond acceptors (Lipinski definition) is 1. The number of halogens is 6. The molecule has 0 nitrogen and oxygen atoms in total. The molecule has 0 saturated heterocycles. The molecule has 0 aromatic carbocycles. The standard InChI is InChI=1S/C8H6BrF5S/c1-4-2-3-5(15-4)6(9)7(10,11)8(12,13)14/h2-3,6H,1H3. The minimum Gasteiger partial charge on any atom is -0.195 e. The van der Waals surface area contributed by atoms with Gasteiger partial charge in [0.25, 0.3) is 0 Å². The summed E-state index contributed by atoms with van der Waals surface area (Å²) in [5, 5.41) is 0. The molecular weight excluding hydrogens is 303 g/mol. The first-order chi connectivity index (χ1) is 6.66. The maximum absolute atomic E-state index is 12.9. The fourth-order valence-corrected chi connectivity index (χ4v) is 2.50. The van der Waals surface area contributed by atoms with Gasteiger partial charge in [-0.1, -0.05) is 15.9 Å². The summed E-state index contributed by atoms with van der Waals surface area (Å²) in [6, 6.07) is 2.76. The Bertz CT molecular complexity index is 343. The van der Waals surface area contributed by atoms with Crippen molar-refractivity contribution in [2.75, 3.05) is 0 Å². The van der Waals surface area contributed by atoms with Gasteiger partial charge in [0.05, 0.1) is 0 Å². The van der Waals surface area contributed by atoms with Gasteiger partial charge in [-0.2, -0.15) is 22.0 Å². The Hall–Kier alpha value is -0.170. The third-order valence-electron chi connectivity index (χ3n) is 1.71.